The van der Waals surface area contributed by atoms with Gasteiger partial charge in [-0.05, 0) is 35.1 Å². The zero-order valence-corrected chi connectivity index (χ0v) is 12.6. The molecule has 1 N–H and O–H groups in total. The molecule has 3 rings (SSSR count). The van der Waals surface area contributed by atoms with Crippen LogP contribution in [0, 0.1) is 0 Å². The summed E-state index contributed by atoms with van der Waals surface area (Å²) in [6.07, 6.45) is 2.13. The van der Waals surface area contributed by atoms with Gasteiger partial charge in [-0.25, -0.2) is 0 Å². The number of fused-ring (bicyclic) bond motifs is 1. The van der Waals surface area contributed by atoms with Crippen LogP contribution in [0.15, 0.2) is 53.4 Å². The second-order valence-electron chi connectivity index (χ2n) is 4.66. The highest BCUT2D eigenvalue weighted by atomic mass is 35.5. The van der Waals surface area contributed by atoms with Gasteiger partial charge in [-0.2, -0.15) is 0 Å². The van der Waals surface area contributed by atoms with Crippen LogP contribution in [-0.2, 0) is 6.54 Å². The summed E-state index contributed by atoms with van der Waals surface area (Å²) < 4.78 is 0. The highest BCUT2D eigenvalue weighted by Crippen LogP contribution is 2.32. The van der Waals surface area contributed by atoms with E-state index in [9.17, 15) is 0 Å². The maximum Gasteiger partial charge on any atom is 0.0218 e. The van der Waals surface area contributed by atoms with Crippen LogP contribution in [0.3, 0.4) is 0 Å². The van der Waals surface area contributed by atoms with Crippen molar-refractivity contribution in [2.45, 2.75) is 17.4 Å². The standard InChI is InChI=1S/C16H17NS.ClH/c1-18-14-7-8-15-13(9-14)10-17-11-16(15)12-5-3-2-4-6-12;/h2-9,16-17H,10-11H2,1H3;1H. The Morgan fingerprint density at radius 3 is 2.63 bits per heavy atom. The van der Waals surface area contributed by atoms with Gasteiger partial charge in [0, 0.05) is 23.9 Å². The molecule has 1 atom stereocenters. The third kappa shape index (κ3) is 2.97. The van der Waals surface area contributed by atoms with Crippen molar-refractivity contribution in [1.29, 1.82) is 0 Å². The average Bonchev–Trinajstić information content (AvgIpc) is 2.47. The van der Waals surface area contributed by atoms with E-state index in [-0.39, 0.29) is 12.4 Å². The average molecular weight is 292 g/mol. The molecule has 0 radical (unpaired) electrons. The molecule has 0 aromatic heterocycles. The quantitative estimate of drug-likeness (QED) is 0.837. The largest absolute Gasteiger partial charge is 0.312 e. The molecule has 2 aromatic carbocycles. The molecule has 1 aliphatic rings. The molecular weight excluding hydrogens is 274 g/mol. The molecule has 0 amide bonds. The van der Waals surface area contributed by atoms with Crippen LogP contribution in [0.5, 0.6) is 0 Å². The molecule has 100 valence electrons. The van der Waals surface area contributed by atoms with Crippen LogP contribution in [0.1, 0.15) is 22.6 Å². The van der Waals surface area contributed by atoms with Gasteiger partial charge in [0.1, 0.15) is 0 Å². The van der Waals surface area contributed by atoms with Crippen molar-refractivity contribution in [3.63, 3.8) is 0 Å². The highest BCUT2D eigenvalue weighted by molar-refractivity contribution is 7.98. The summed E-state index contributed by atoms with van der Waals surface area (Å²) in [7, 11) is 0. The molecule has 0 bridgehead atoms. The monoisotopic (exact) mass is 291 g/mol. The normalized spacial score (nSPS) is 17.4. The maximum absolute atomic E-state index is 3.53. The Kier molecular flexibility index (Phi) is 4.92. The van der Waals surface area contributed by atoms with Crippen molar-refractivity contribution in [3.05, 3.63) is 65.2 Å². The molecule has 2 aromatic rings. The van der Waals surface area contributed by atoms with Gasteiger partial charge >= 0.3 is 0 Å². The molecule has 3 heteroatoms. The molecule has 1 aliphatic heterocycles. The number of nitrogens with one attached hydrogen (secondary N) is 1. The van der Waals surface area contributed by atoms with Crippen LogP contribution in [0.4, 0.5) is 0 Å². The van der Waals surface area contributed by atoms with Crippen LogP contribution in [-0.4, -0.2) is 12.8 Å². The minimum absolute atomic E-state index is 0. The first-order chi connectivity index (χ1) is 8.88. The van der Waals surface area contributed by atoms with E-state index in [1.165, 1.54) is 21.6 Å². The lowest BCUT2D eigenvalue weighted by Crippen LogP contribution is -2.28. The van der Waals surface area contributed by atoms with Gasteiger partial charge in [-0.1, -0.05) is 36.4 Å². The fraction of sp³-hybridized carbons (Fsp3) is 0.250. The van der Waals surface area contributed by atoms with E-state index in [0.29, 0.717) is 5.92 Å². The van der Waals surface area contributed by atoms with Crippen molar-refractivity contribution in [2.75, 3.05) is 12.8 Å². The molecule has 19 heavy (non-hydrogen) atoms. The third-order valence-corrected chi connectivity index (χ3v) is 4.32. The molecule has 0 saturated carbocycles. The number of halogens is 1. The Hall–Kier alpha value is -0.960. The SMILES string of the molecule is CSc1ccc2c(c1)CNCC2c1ccccc1.Cl. The van der Waals surface area contributed by atoms with E-state index >= 15 is 0 Å². The van der Waals surface area contributed by atoms with Gasteiger partial charge in [0.05, 0.1) is 0 Å². The Morgan fingerprint density at radius 1 is 1.11 bits per heavy atom. The van der Waals surface area contributed by atoms with Crippen LogP contribution in [0.25, 0.3) is 0 Å². The number of hydrogen-bond acceptors (Lipinski definition) is 2. The maximum atomic E-state index is 3.53. The summed E-state index contributed by atoms with van der Waals surface area (Å²) in [5, 5.41) is 3.53. The van der Waals surface area contributed by atoms with Crippen molar-refractivity contribution >= 4 is 24.2 Å². The molecule has 1 unspecified atom stereocenters. The predicted octanol–water partition coefficient (Wildman–Crippen LogP) is 4.07. The van der Waals surface area contributed by atoms with Crippen molar-refractivity contribution in [3.8, 4) is 0 Å². The molecule has 1 heterocycles. The lowest BCUT2D eigenvalue weighted by molar-refractivity contribution is 0.590. The van der Waals surface area contributed by atoms with E-state index in [4.69, 9.17) is 0 Å². The smallest absolute Gasteiger partial charge is 0.0218 e. The lowest BCUT2D eigenvalue weighted by atomic mass is 9.86. The molecule has 0 saturated heterocycles. The van der Waals surface area contributed by atoms with Gasteiger partial charge in [-0.3, -0.25) is 0 Å². The fourth-order valence-electron chi connectivity index (χ4n) is 2.65. The minimum atomic E-state index is 0. The van der Waals surface area contributed by atoms with E-state index in [2.05, 4.69) is 60.1 Å². The van der Waals surface area contributed by atoms with Crippen LogP contribution < -0.4 is 5.32 Å². The van der Waals surface area contributed by atoms with E-state index in [0.717, 1.165) is 13.1 Å². The van der Waals surface area contributed by atoms with Crippen molar-refractivity contribution < 1.29 is 0 Å². The fourth-order valence-corrected chi connectivity index (χ4v) is 3.11. The van der Waals surface area contributed by atoms with Crippen molar-refractivity contribution in [1.82, 2.24) is 5.32 Å². The first-order valence-electron chi connectivity index (χ1n) is 6.31. The minimum Gasteiger partial charge on any atom is -0.312 e. The Labute approximate surface area is 125 Å². The Balaban J connectivity index is 0.00000133. The lowest BCUT2D eigenvalue weighted by Gasteiger charge is -2.27. The highest BCUT2D eigenvalue weighted by Gasteiger charge is 2.21. The molecular formula is C16H18ClNS. The Bertz CT molecular complexity index is 542. The first kappa shape index (κ1) is 14.4. The summed E-state index contributed by atoms with van der Waals surface area (Å²) >= 11 is 1.81. The number of thioether (sulfide) groups is 1. The zero-order valence-electron chi connectivity index (χ0n) is 10.9. The summed E-state index contributed by atoms with van der Waals surface area (Å²) in [5.74, 6) is 0.492. The van der Waals surface area contributed by atoms with Gasteiger partial charge in [0.15, 0.2) is 0 Å². The Morgan fingerprint density at radius 2 is 1.89 bits per heavy atom. The summed E-state index contributed by atoms with van der Waals surface area (Å²) in [6.45, 7) is 2.03. The first-order valence-corrected chi connectivity index (χ1v) is 7.53. The second-order valence-corrected chi connectivity index (χ2v) is 5.54. The number of rotatable bonds is 2. The molecule has 0 aliphatic carbocycles. The van der Waals surface area contributed by atoms with Crippen LogP contribution >= 0.6 is 24.2 Å². The topological polar surface area (TPSA) is 12.0 Å². The van der Waals surface area contributed by atoms with Crippen LogP contribution in [0.2, 0.25) is 0 Å². The second kappa shape index (κ2) is 6.47. The van der Waals surface area contributed by atoms with Gasteiger partial charge in [-0.15, -0.1) is 24.2 Å². The summed E-state index contributed by atoms with van der Waals surface area (Å²) in [6, 6.07) is 17.7. The van der Waals surface area contributed by atoms with Gasteiger partial charge in [0.25, 0.3) is 0 Å². The summed E-state index contributed by atoms with van der Waals surface area (Å²) in [5.41, 5.74) is 4.34. The predicted molar refractivity (Wildman–Crippen MR) is 85.5 cm³/mol. The van der Waals surface area contributed by atoms with E-state index < -0.39 is 0 Å². The zero-order chi connectivity index (χ0) is 12.4. The van der Waals surface area contributed by atoms with E-state index in [1.807, 2.05) is 11.8 Å². The molecule has 0 spiro atoms. The number of benzene rings is 2. The van der Waals surface area contributed by atoms with Gasteiger partial charge in [0.2, 0.25) is 0 Å². The molecule has 1 nitrogen and oxygen atoms in total. The van der Waals surface area contributed by atoms with Gasteiger partial charge < -0.3 is 5.32 Å². The molecule has 0 fully saturated rings. The summed E-state index contributed by atoms with van der Waals surface area (Å²) in [4.78, 5) is 1.35. The number of hydrogen-bond donors (Lipinski definition) is 1. The third-order valence-electron chi connectivity index (χ3n) is 3.59. The van der Waals surface area contributed by atoms with E-state index in [1.54, 1.807) is 0 Å². The van der Waals surface area contributed by atoms with Crippen molar-refractivity contribution in [2.24, 2.45) is 0 Å².